The molecule has 0 saturated heterocycles. The lowest BCUT2D eigenvalue weighted by Gasteiger charge is -2.08. The molecule has 23 heavy (non-hydrogen) atoms. The number of nitrogens with two attached hydrogens (primary N) is 1. The second-order valence-corrected chi connectivity index (χ2v) is 5.34. The maximum Gasteiger partial charge on any atom is 0.220 e. The van der Waals surface area contributed by atoms with Gasteiger partial charge in [0.25, 0.3) is 0 Å². The van der Waals surface area contributed by atoms with E-state index in [0.717, 1.165) is 40.8 Å². The molecular weight excluding hydrogens is 292 g/mol. The molecule has 1 aliphatic carbocycles. The molecule has 0 atom stereocenters. The zero-order chi connectivity index (χ0) is 15.8. The first kappa shape index (κ1) is 13.5. The molecule has 1 aliphatic rings. The summed E-state index contributed by atoms with van der Waals surface area (Å²) < 4.78 is 5.65. The van der Waals surface area contributed by atoms with Crippen LogP contribution < -0.4 is 5.73 Å². The van der Waals surface area contributed by atoms with E-state index in [1.165, 1.54) is 0 Å². The molecule has 2 aromatic heterocycles. The summed E-state index contributed by atoms with van der Waals surface area (Å²) in [4.78, 5) is 8.15. The predicted molar refractivity (Wildman–Crippen MR) is 86.2 cm³/mol. The summed E-state index contributed by atoms with van der Waals surface area (Å²) in [6.45, 7) is 0. The number of nitrogens with zero attached hydrogens (tertiary/aromatic N) is 3. The summed E-state index contributed by atoms with van der Waals surface area (Å²) in [6, 6.07) is 9.65. The molecule has 0 bridgehead atoms. The fraction of sp³-hybridized carbons (Fsp3) is 0.118. The molecule has 0 radical (unpaired) electrons. The third kappa shape index (κ3) is 2.15. The van der Waals surface area contributed by atoms with Crippen LogP contribution in [0.2, 0.25) is 0 Å². The van der Waals surface area contributed by atoms with Gasteiger partial charge in [0.15, 0.2) is 5.76 Å². The molecule has 0 amide bonds. The monoisotopic (exact) mass is 306 g/mol. The van der Waals surface area contributed by atoms with Crippen LogP contribution in [-0.2, 0) is 6.42 Å². The summed E-state index contributed by atoms with van der Waals surface area (Å²) in [5, 5.41) is 12.5. The van der Waals surface area contributed by atoms with E-state index in [0.29, 0.717) is 11.5 Å². The average Bonchev–Trinajstić information content (AvgIpc) is 3.21. The molecule has 6 nitrogen and oxygen atoms in total. The van der Waals surface area contributed by atoms with Crippen LogP contribution in [0.4, 0.5) is 5.95 Å². The Morgan fingerprint density at radius 2 is 1.96 bits per heavy atom. The number of aromatic nitrogens is 2. The molecular formula is C17H14N4O2. The number of hydrogen-bond donors (Lipinski definition) is 2. The molecule has 114 valence electrons. The van der Waals surface area contributed by atoms with Gasteiger partial charge in [0.2, 0.25) is 5.95 Å². The molecule has 3 aromatic rings. The van der Waals surface area contributed by atoms with E-state index in [1.54, 1.807) is 18.5 Å². The highest BCUT2D eigenvalue weighted by Gasteiger charge is 2.24. The highest BCUT2D eigenvalue weighted by Crippen LogP contribution is 2.38. The van der Waals surface area contributed by atoms with Crippen LogP contribution in [0.5, 0.6) is 0 Å². The van der Waals surface area contributed by atoms with Gasteiger partial charge in [-0.15, -0.1) is 0 Å². The molecule has 0 fully saturated rings. The van der Waals surface area contributed by atoms with Gasteiger partial charge in [-0.3, -0.25) is 0 Å². The van der Waals surface area contributed by atoms with Crippen LogP contribution >= 0.6 is 0 Å². The maximum absolute atomic E-state index is 9.14. The lowest BCUT2D eigenvalue weighted by atomic mass is 9.96. The second-order valence-electron chi connectivity index (χ2n) is 5.34. The van der Waals surface area contributed by atoms with Crippen LogP contribution in [-0.4, -0.2) is 20.9 Å². The average molecular weight is 306 g/mol. The highest BCUT2D eigenvalue weighted by molar-refractivity contribution is 6.06. The van der Waals surface area contributed by atoms with Gasteiger partial charge in [0, 0.05) is 17.3 Å². The SMILES string of the molecule is Nc1nccc(-c2occc2-c2cccc3c2CC/C3=N\O)n1. The van der Waals surface area contributed by atoms with Crippen molar-refractivity contribution in [1.29, 1.82) is 0 Å². The van der Waals surface area contributed by atoms with Crippen molar-refractivity contribution in [2.45, 2.75) is 12.8 Å². The number of furan rings is 1. The van der Waals surface area contributed by atoms with Crippen molar-refractivity contribution in [3.8, 4) is 22.6 Å². The molecule has 0 spiro atoms. The minimum absolute atomic E-state index is 0.206. The molecule has 0 saturated carbocycles. The summed E-state index contributed by atoms with van der Waals surface area (Å²) in [6.07, 6.45) is 4.81. The van der Waals surface area contributed by atoms with Crippen molar-refractivity contribution in [2.75, 3.05) is 5.73 Å². The Kier molecular flexibility index (Phi) is 3.08. The number of oxime groups is 1. The molecule has 2 heterocycles. The third-order valence-corrected chi connectivity index (χ3v) is 4.08. The smallest absolute Gasteiger partial charge is 0.220 e. The van der Waals surface area contributed by atoms with Crippen LogP contribution in [0.25, 0.3) is 22.6 Å². The molecule has 6 heteroatoms. The zero-order valence-corrected chi connectivity index (χ0v) is 12.2. The van der Waals surface area contributed by atoms with Gasteiger partial charge in [-0.05, 0) is 36.1 Å². The largest absolute Gasteiger partial charge is 0.462 e. The molecule has 3 N–H and O–H groups in total. The van der Waals surface area contributed by atoms with Gasteiger partial charge in [-0.1, -0.05) is 23.4 Å². The number of hydrogen-bond acceptors (Lipinski definition) is 6. The van der Waals surface area contributed by atoms with Crippen molar-refractivity contribution in [2.24, 2.45) is 5.16 Å². The van der Waals surface area contributed by atoms with Gasteiger partial charge in [-0.25, -0.2) is 9.97 Å². The maximum atomic E-state index is 9.14. The van der Waals surface area contributed by atoms with E-state index in [4.69, 9.17) is 15.4 Å². The number of rotatable bonds is 2. The van der Waals surface area contributed by atoms with Gasteiger partial charge in [0.1, 0.15) is 5.69 Å². The van der Waals surface area contributed by atoms with Gasteiger partial charge in [0.05, 0.1) is 12.0 Å². The van der Waals surface area contributed by atoms with Crippen LogP contribution in [0, 0.1) is 0 Å². The fourth-order valence-corrected chi connectivity index (χ4v) is 3.08. The lowest BCUT2D eigenvalue weighted by molar-refractivity contribution is 0.318. The van der Waals surface area contributed by atoms with Gasteiger partial charge < -0.3 is 15.4 Å². The second kappa shape index (κ2) is 5.24. The van der Waals surface area contributed by atoms with E-state index < -0.39 is 0 Å². The van der Waals surface area contributed by atoms with Crippen molar-refractivity contribution >= 4 is 11.7 Å². The van der Waals surface area contributed by atoms with Gasteiger partial charge >= 0.3 is 0 Å². The summed E-state index contributed by atoms with van der Waals surface area (Å²) in [7, 11) is 0. The van der Waals surface area contributed by atoms with E-state index in [1.807, 2.05) is 24.3 Å². The number of anilines is 1. The zero-order valence-electron chi connectivity index (χ0n) is 12.2. The first-order chi connectivity index (χ1) is 11.3. The van der Waals surface area contributed by atoms with Crippen LogP contribution in [0.1, 0.15) is 17.5 Å². The first-order valence-electron chi connectivity index (χ1n) is 7.28. The molecule has 4 rings (SSSR count). The lowest BCUT2D eigenvalue weighted by Crippen LogP contribution is -1.96. The molecule has 1 aromatic carbocycles. The normalized spacial score (nSPS) is 15.0. The van der Waals surface area contributed by atoms with Crippen molar-refractivity contribution in [3.63, 3.8) is 0 Å². The van der Waals surface area contributed by atoms with Crippen molar-refractivity contribution in [1.82, 2.24) is 9.97 Å². The Bertz CT molecular complexity index is 914. The highest BCUT2D eigenvalue weighted by atomic mass is 16.4. The van der Waals surface area contributed by atoms with E-state index in [2.05, 4.69) is 15.1 Å². The predicted octanol–water partition coefficient (Wildman–Crippen LogP) is 3.11. The third-order valence-electron chi connectivity index (χ3n) is 4.08. The number of nitrogen functional groups attached to an aromatic ring is 1. The Morgan fingerprint density at radius 3 is 2.78 bits per heavy atom. The summed E-state index contributed by atoms with van der Waals surface area (Å²) in [5.74, 6) is 0.861. The van der Waals surface area contributed by atoms with Crippen molar-refractivity contribution < 1.29 is 9.62 Å². The summed E-state index contributed by atoms with van der Waals surface area (Å²) >= 11 is 0. The fourth-order valence-electron chi connectivity index (χ4n) is 3.08. The van der Waals surface area contributed by atoms with E-state index >= 15 is 0 Å². The van der Waals surface area contributed by atoms with Gasteiger partial charge in [-0.2, -0.15) is 0 Å². The number of benzene rings is 1. The first-order valence-corrected chi connectivity index (χ1v) is 7.28. The Hall–Kier alpha value is -3.15. The minimum atomic E-state index is 0.206. The van der Waals surface area contributed by atoms with Crippen LogP contribution in [0.15, 0.2) is 52.4 Å². The van der Waals surface area contributed by atoms with Crippen LogP contribution in [0.3, 0.4) is 0 Å². The molecule has 0 unspecified atom stereocenters. The molecule has 0 aliphatic heterocycles. The number of fused-ring (bicyclic) bond motifs is 1. The van der Waals surface area contributed by atoms with Crippen molar-refractivity contribution in [3.05, 3.63) is 53.9 Å². The van der Waals surface area contributed by atoms with E-state index in [-0.39, 0.29) is 5.95 Å². The summed E-state index contributed by atoms with van der Waals surface area (Å²) in [5.41, 5.74) is 11.2. The standard InChI is InChI=1S/C17H14N4O2/c18-17-19-8-6-15(20-17)16-13(7-9-23-16)10-2-1-3-12-11(10)4-5-14(12)21-22/h1-3,6-9,22H,4-5H2,(H2,18,19,20)/b21-14+. The quantitative estimate of drug-likeness (QED) is 0.560. The van der Waals surface area contributed by atoms with E-state index in [9.17, 15) is 0 Å². The Morgan fingerprint density at radius 1 is 1.09 bits per heavy atom. The minimum Gasteiger partial charge on any atom is -0.462 e. The Balaban J connectivity index is 1.89. The Labute approximate surface area is 132 Å². The topological polar surface area (TPSA) is 97.5 Å².